The predicted molar refractivity (Wildman–Crippen MR) is 96.3 cm³/mol. The summed E-state index contributed by atoms with van der Waals surface area (Å²) in [7, 11) is 0. The molecule has 0 fully saturated rings. The molecule has 2 heterocycles. The molecule has 2 aromatic carbocycles. The second-order valence-electron chi connectivity index (χ2n) is 5.95. The third kappa shape index (κ3) is 3.85. The maximum Gasteiger partial charge on any atom is 0.416 e. The Morgan fingerprint density at radius 2 is 1.85 bits per heavy atom. The number of benzene rings is 2. The van der Waals surface area contributed by atoms with Crippen LogP contribution >= 0.6 is 11.8 Å². The number of imidazole rings is 1. The van der Waals surface area contributed by atoms with Crippen LogP contribution in [0.25, 0.3) is 11.0 Å². The first kappa shape index (κ1) is 17.7. The number of aromatic nitrogens is 3. The Bertz CT molecular complexity index is 1040. The molecule has 0 radical (unpaired) electrons. The van der Waals surface area contributed by atoms with Gasteiger partial charge in [-0.05, 0) is 23.8 Å². The first-order valence-corrected chi connectivity index (χ1v) is 9.13. The van der Waals surface area contributed by atoms with Crippen molar-refractivity contribution in [3.63, 3.8) is 0 Å². The van der Waals surface area contributed by atoms with Crippen molar-refractivity contribution in [2.24, 2.45) is 0 Å². The van der Waals surface area contributed by atoms with Gasteiger partial charge >= 0.3 is 6.18 Å². The van der Waals surface area contributed by atoms with Gasteiger partial charge in [0.05, 0.1) is 28.8 Å². The van der Waals surface area contributed by atoms with Gasteiger partial charge in [0, 0.05) is 11.8 Å². The van der Waals surface area contributed by atoms with Crippen molar-refractivity contribution >= 4 is 22.8 Å². The summed E-state index contributed by atoms with van der Waals surface area (Å²) in [4.78, 5) is 4.45. The van der Waals surface area contributed by atoms with Crippen LogP contribution in [-0.2, 0) is 18.5 Å². The Morgan fingerprint density at radius 1 is 1.04 bits per heavy atom. The molecule has 27 heavy (non-hydrogen) atoms. The fraction of sp³-hybridized carbons (Fsp3) is 0.158. The summed E-state index contributed by atoms with van der Waals surface area (Å²) in [5.41, 5.74) is 2.07. The number of nitrogens with zero attached hydrogens (tertiary/aromatic N) is 3. The molecular weight excluding hydrogens is 375 g/mol. The van der Waals surface area contributed by atoms with E-state index in [0.717, 1.165) is 23.4 Å². The molecule has 0 saturated heterocycles. The summed E-state index contributed by atoms with van der Waals surface area (Å²) in [6.45, 7) is 0.518. The molecular formula is C19H14F3N3OS. The molecule has 2 aromatic heterocycles. The Hall–Kier alpha value is -2.74. The summed E-state index contributed by atoms with van der Waals surface area (Å²) < 4.78 is 45.9. The molecule has 0 spiro atoms. The van der Waals surface area contributed by atoms with E-state index in [2.05, 4.69) is 10.1 Å². The van der Waals surface area contributed by atoms with Crippen molar-refractivity contribution in [3.05, 3.63) is 77.7 Å². The molecule has 0 N–H and O–H groups in total. The molecule has 0 unspecified atom stereocenters. The van der Waals surface area contributed by atoms with Gasteiger partial charge in [-0.1, -0.05) is 47.3 Å². The number of hydrogen-bond acceptors (Lipinski definition) is 4. The van der Waals surface area contributed by atoms with Gasteiger partial charge in [-0.2, -0.15) is 13.2 Å². The van der Waals surface area contributed by atoms with Gasteiger partial charge in [0.15, 0.2) is 5.16 Å². The Morgan fingerprint density at radius 3 is 2.56 bits per heavy atom. The van der Waals surface area contributed by atoms with Crippen LogP contribution in [-0.4, -0.2) is 14.7 Å². The molecule has 0 aliphatic carbocycles. The van der Waals surface area contributed by atoms with E-state index in [1.54, 1.807) is 6.07 Å². The van der Waals surface area contributed by atoms with Gasteiger partial charge in [-0.3, -0.25) is 0 Å². The highest BCUT2D eigenvalue weighted by Gasteiger charge is 2.31. The summed E-state index contributed by atoms with van der Waals surface area (Å²) in [6.07, 6.45) is -2.91. The standard InChI is InChI=1S/C19H14F3N3OS/c20-19(21,22)14-6-7-17-16(10-14)23-18(27-12-15-8-9-26-24-15)25(17)11-13-4-2-1-3-5-13/h1-10H,11-12H2. The van der Waals surface area contributed by atoms with E-state index in [4.69, 9.17) is 4.52 Å². The number of hydrogen-bond donors (Lipinski definition) is 0. The monoisotopic (exact) mass is 389 g/mol. The molecule has 138 valence electrons. The normalized spacial score (nSPS) is 12.0. The van der Waals surface area contributed by atoms with E-state index >= 15 is 0 Å². The zero-order chi connectivity index (χ0) is 18.9. The Labute approximate surface area is 157 Å². The number of thioether (sulfide) groups is 1. The van der Waals surface area contributed by atoms with Crippen molar-refractivity contribution in [3.8, 4) is 0 Å². The molecule has 8 heteroatoms. The van der Waals surface area contributed by atoms with Gasteiger partial charge in [-0.15, -0.1) is 0 Å². The van der Waals surface area contributed by atoms with Crippen LogP contribution in [0.5, 0.6) is 0 Å². The molecule has 0 aliphatic heterocycles. The zero-order valence-electron chi connectivity index (χ0n) is 14.0. The van der Waals surface area contributed by atoms with Crippen molar-refractivity contribution in [1.29, 1.82) is 0 Å². The van der Waals surface area contributed by atoms with Crippen LogP contribution in [0.1, 0.15) is 16.8 Å². The highest BCUT2D eigenvalue weighted by molar-refractivity contribution is 7.98. The van der Waals surface area contributed by atoms with Gasteiger partial charge in [0.25, 0.3) is 0 Å². The molecule has 0 amide bonds. The number of rotatable bonds is 5. The van der Waals surface area contributed by atoms with E-state index in [9.17, 15) is 13.2 Å². The second-order valence-corrected chi connectivity index (χ2v) is 6.89. The summed E-state index contributed by atoms with van der Waals surface area (Å²) in [5, 5.41) is 4.50. The smallest absolute Gasteiger partial charge is 0.364 e. The molecule has 0 saturated carbocycles. The van der Waals surface area contributed by atoms with Crippen molar-refractivity contribution < 1.29 is 17.7 Å². The topological polar surface area (TPSA) is 43.9 Å². The van der Waals surface area contributed by atoms with Crippen LogP contribution < -0.4 is 0 Å². The average molecular weight is 389 g/mol. The molecule has 4 aromatic rings. The van der Waals surface area contributed by atoms with E-state index in [-0.39, 0.29) is 0 Å². The third-order valence-corrected chi connectivity index (χ3v) is 5.07. The van der Waals surface area contributed by atoms with Crippen LogP contribution in [0, 0.1) is 0 Å². The minimum atomic E-state index is -4.40. The first-order valence-electron chi connectivity index (χ1n) is 8.14. The third-order valence-electron chi connectivity index (χ3n) is 4.06. The molecule has 4 rings (SSSR count). The number of halogens is 3. The zero-order valence-corrected chi connectivity index (χ0v) is 14.8. The van der Waals surface area contributed by atoms with Crippen LogP contribution in [0.3, 0.4) is 0 Å². The minimum absolute atomic E-state index is 0.323. The highest BCUT2D eigenvalue weighted by Crippen LogP contribution is 2.33. The Balaban J connectivity index is 1.74. The fourth-order valence-electron chi connectivity index (χ4n) is 2.76. The summed E-state index contributed by atoms with van der Waals surface area (Å²) in [5.74, 6) is 0.515. The lowest BCUT2D eigenvalue weighted by Gasteiger charge is -2.09. The quantitative estimate of drug-likeness (QED) is 0.430. The lowest BCUT2D eigenvalue weighted by molar-refractivity contribution is -0.137. The van der Waals surface area contributed by atoms with Gasteiger partial charge in [0.1, 0.15) is 6.26 Å². The van der Waals surface area contributed by atoms with Crippen LogP contribution in [0.15, 0.2) is 70.5 Å². The SMILES string of the molecule is FC(F)(F)c1ccc2c(c1)nc(SCc1ccon1)n2Cc1ccccc1. The number of alkyl halides is 3. The van der Waals surface area contributed by atoms with Gasteiger partial charge in [0.2, 0.25) is 0 Å². The predicted octanol–water partition coefficient (Wildman–Crippen LogP) is 5.38. The highest BCUT2D eigenvalue weighted by atomic mass is 32.2. The van der Waals surface area contributed by atoms with Crippen molar-refractivity contribution in [2.75, 3.05) is 0 Å². The average Bonchev–Trinajstić information content (AvgIpc) is 3.28. The molecule has 0 aliphatic rings. The van der Waals surface area contributed by atoms with Gasteiger partial charge < -0.3 is 9.09 Å². The van der Waals surface area contributed by atoms with E-state index < -0.39 is 11.7 Å². The van der Waals surface area contributed by atoms with Crippen LogP contribution in [0.4, 0.5) is 13.2 Å². The minimum Gasteiger partial charge on any atom is -0.364 e. The van der Waals surface area contributed by atoms with E-state index in [1.807, 2.05) is 34.9 Å². The van der Waals surface area contributed by atoms with Crippen LogP contribution in [0.2, 0.25) is 0 Å². The summed E-state index contributed by atoms with van der Waals surface area (Å²) in [6, 6.07) is 15.1. The molecule has 0 bridgehead atoms. The van der Waals surface area contributed by atoms with Crippen molar-refractivity contribution in [2.45, 2.75) is 23.6 Å². The van der Waals surface area contributed by atoms with Gasteiger partial charge in [-0.25, -0.2) is 4.98 Å². The van der Waals surface area contributed by atoms with E-state index in [0.29, 0.717) is 28.5 Å². The second kappa shape index (κ2) is 7.11. The molecule has 4 nitrogen and oxygen atoms in total. The largest absolute Gasteiger partial charge is 0.416 e. The summed E-state index contributed by atoms with van der Waals surface area (Å²) >= 11 is 1.41. The van der Waals surface area contributed by atoms with E-state index in [1.165, 1.54) is 24.1 Å². The Kier molecular flexibility index (Phi) is 4.65. The lowest BCUT2D eigenvalue weighted by Crippen LogP contribution is -2.05. The maximum atomic E-state index is 13.0. The lowest BCUT2D eigenvalue weighted by atomic mass is 10.2. The maximum absolute atomic E-state index is 13.0. The first-order chi connectivity index (χ1) is 13.0. The number of fused-ring (bicyclic) bond motifs is 1. The fourth-order valence-corrected chi connectivity index (χ4v) is 3.67. The molecule has 0 atom stereocenters. The van der Waals surface area contributed by atoms with Crippen molar-refractivity contribution in [1.82, 2.24) is 14.7 Å².